The van der Waals surface area contributed by atoms with Gasteiger partial charge in [0.2, 0.25) is 0 Å². The Morgan fingerprint density at radius 1 is 1.14 bits per heavy atom. The number of carboxylic acid groups (broad SMARTS) is 1. The number of carbonyl (C=O) groups is 1. The van der Waals surface area contributed by atoms with E-state index in [9.17, 15) is 9.59 Å². The Bertz CT molecular complexity index is 1250. The van der Waals surface area contributed by atoms with Crippen molar-refractivity contribution in [2.45, 2.75) is 12.5 Å². The molecule has 5 N–H and O–H groups in total. The van der Waals surface area contributed by atoms with Crippen LogP contribution in [0.25, 0.3) is 33.3 Å². The van der Waals surface area contributed by atoms with Crippen molar-refractivity contribution >= 4 is 27.8 Å². The van der Waals surface area contributed by atoms with Gasteiger partial charge in [-0.15, -0.1) is 0 Å². The van der Waals surface area contributed by atoms with E-state index in [1.807, 2.05) is 12.1 Å². The third kappa shape index (κ3) is 4.28. The van der Waals surface area contributed by atoms with Gasteiger partial charge in [0.1, 0.15) is 22.2 Å². The predicted molar refractivity (Wildman–Crippen MR) is 101 cm³/mol. The fourth-order valence-electron chi connectivity index (χ4n) is 2.94. The Kier molecular flexibility index (Phi) is 5.37. The van der Waals surface area contributed by atoms with Crippen LogP contribution >= 0.6 is 0 Å². The minimum absolute atomic E-state index is 0.114. The van der Waals surface area contributed by atoms with Gasteiger partial charge in [0.15, 0.2) is 16.8 Å². The molecule has 1 atom stereocenters. The van der Waals surface area contributed by atoms with Crippen molar-refractivity contribution in [3.05, 3.63) is 69.2 Å². The van der Waals surface area contributed by atoms with Gasteiger partial charge in [-0.25, -0.2) is 15.4 Å². The summed E-state index contributed by atoms with van der Waals surface area (Å²) in [5.74, 6) is -0.628. The van der Waals surface area contributed by atoms with Gasteiger partial charge in [-0.3, -0.25) is 9.59 Å². The van der Waals surface area contributed by atoms with Crippen LogP contribution in [0, 0.1) is 4.91 Å². The molecule has 2 aromatic rings. The average molecular weight is 398 g/mol. The number of carboxylic acids is 1. The standard InChI is InChI=1S/C19H14N2O4.H2NO3/c20-13(19(23)24)7-10-5-6-16-14(8-10)21-18-12-4-2-1-3-11(12)15(22)9-17(18)25-16;2-1(3)4/h1-6,8-9,13H,7,20H2,(H,23,24);(H2,2,3,4)/q;+1. The minimum atomic E-state index is -1.25. The second-order valence-corrected chi connectivity index (χ2v) is 6.18. The van der Waals surface area contributed by atoms with E-state index < -0.39 is 17.1 Å². The molecule has 0 saturated heterocycles. The number of nitrogens with zero attached hydrogens (tertiary/aromatic N) is 2. The van der Waals surface area contributed by atoms with E-state index in [0.717, 1.165) is 10.9 Å². The van der Waals surface area contributed by atoms with Gasteiger partial charge in [0, 0.05) is 16.8 Å². The molecule has 0 aromatic heterocycles. The molecule has 29 heavy (non-hydrogen) atoms. The van der Waals surface area contributed by atoms with Crippen molar-refractivity contribution in [3.8, 4) is 11.5 Å². The largest absolute Gasteiger partial charge is 0.480 e. The third-order valence-corrected chi connectivity index (χ3v) is 4.19. The zero-order valence-electron chi connectivity index (χ0n) is 14.8. The molecule has 1 unspecified atom stereocenters. The molecule has 10 heteroatoms. The number of rotatable bonds is 3. The molecule has 0 radical (unpaired) electrons. The lowest BCUT2D eigenvalue weighted by Gasteiger charge is -2.11. The van der Waals surface area contributed by atoms with Crippen molar-refractivity contribution in [2.24, 2.45) is 5.73 Å². The molecule has 4 rings (SSSR count). The molecule has 10 nitrogen and oxygen atoms in total. The van der Waals surface area contributed by atoms with Gasteiger partial charge in [0.05, 0.1) is 0 Å². The van der Waals surface area contributed by atoms with E-state index >= 15 is 0 Å². The second-order valence-electron chi connectivity index (χ2n) is 6.18. The molecular weight excluding hydrogens is 382 g/mol. The van der Waals surface area contributed by atoms with Crippen LogP contribution in [0.5, 0.6) is 0 Å². The van der Waals surface area contributed by atoms with Gasteiger partial charge >= 0.3 is 11.1 Å². The van der Waals surface area contributed by atoms with E-state index in [1.165, 1.54) is 6.07 Å². The van der Waals surface area contributed by atoms with Gasteiger partial charge in [0.25, 0.3) is 0 Å². The van der Waals surface area contributed by atoms with E-state index in [-0.39, 0.29) is 11.8 Å². The Morgan fingerprint density at radius 3 is 2.45 bits per heavy atom. The summed E-state index contributed by atoms with van der Waals surface area (Å²) >= 11 is 0. The minimum Gasteiger partial charge on any atom is -0.480 e. The number of benzene rings is 3. The molecule has 0 fully saturated rings. The highest BCUT2D eigenvalue weighted by molar-refractivity contribution is 5.96. The van der Waals surface area contributed by atoms with Crippen molar-refractivity contribution in [1.29, 1.82) is 0 Å². The number of nitrogens with two attached hydrogens (primary N) is 1. The maximum absolute atomic E-state index is 12.2. The summed E-state index contributed by atoms with van der Waals surface area (Å²) in [6.07, 6.45) is 0.200. The fraction of sp³-hybridized carbons (Fsp3) is 0.105. The molecular formula is C19H16N3O7+. The van der Waals surface area contributed by atoms with Crippen LogP contribution in [0.1, 0.15) is 5.56 Å². The summed E-state index contributed by atoms with van der Waals surface area (Å²) in [4.78, 5) is 36.3. The van der Waals surface area contributed by atoms with Gasteiger partial charge in [-0.1, -0.05) is 30.3 Å². The van der Waals surface area contributed by atoms with Crippen LogP contribution in [0.2, 0.25) is 0 Å². The zero-order chi connectivity index (χ0) is 21.1. The Hall–Kier alpha value is -4.05. The first-order chi connectivity index (χ1) is 13.8. The van der Waals surface area contributed by atoms with Gasteiger partial charge in [-0.05, 0) is 24.1 Å². The van der Waals surface area contributed by atoms with Crippen molar-refractivity contribution in [1.82, 2.24) is 4.98 Å². The van der Waals surface area contributed by atoms with Crippen LogP contribution in [-0.2, 0) is 11.2 Å². The van der Waals surface area contributed by atoms with Crippen molar-refractivity contribution in [2.75, 3.05) is 0 Å². The van der Waals surface area contributed by atoms with Crippen LogP contribution < -0.4 is 11.2 Å². The topological polar surface area (TPSA) is 167 Å². The Morgan fingerprint density at radius 2 is 1.79 bits per heavy atom. The molecule has 148 valence electrons. The highest BCUT2D eigenvalue weighted by Crippen LogP contribution is 2.30. The molecule has 0 saturated carbocycles. The first kappa shape index (κ1) is 19.7. The quantitative estimate of drug-likeness (QED) is 0.229. The monoisotopic (exact) mass is 398 g/mol. The highest BCUT2D eigenvalue weighted by atomic mass is 16.9. The highest BCUT2D eigenvalue weighted by Gasteiger charge is 2.17. The predicted octanol–water partition coefficient (Wildman–Crippen LogP) is 1.94. The lowest BCUT2D eigenvalue weighted by Crippen LogP contribution is -2.32. The first-order valence-electron chi connectivity index (χ1n) is 8.35. The summed E-state index contributed by atoms with van der Waals surface area (Å²) < 4.78 is 5.83. The second kappa shape index (κ2) is 7.90. The molecule has 2 aliphatic rings. The first-order valence-corrected chi connectivity index (χ1v) is 8.35. The van der Waals surface area contributed by atoms with E-state index in [2.05, 4.69) is 4.98 Å². The number of hydrogen-bond acceptors (Lipinski definition) is 6. The summed E-state index contributed by atoms with van der Waals surface area (Å²) in [6.45, 7) is 0. The molecule has 0 bridgehead atoms. The molecule has 1 heterocycles. The summed E-state index contributed by atoms with van der Waals surface area (Å²) in [6, 6.07) is 12.9. The van der Waals surface area contributed by atoms with E-state index in [0.29, 0.717) is 27.9 Å². The smallest absolute Gasteiger partial charge is 0.472 e. The maximum atomic E-state index is 12.2. The average Bonchev–Trinajstić information content (AvgIpc) is 2.66. The van der Waals surface area contributed by atoms with Crippen LogP contribution in [-0.4, -0.2) is 37.6 Å². The number of hydrogen-bond donors (Lipinski definition) is 4. The van der Waals surface area contributed by atoms with E-state index in [1.54, 1.807) is 30.3 Å². The summed E-state index contributed by atoms with van der Waals surface area (Å²) in [7, 11) is 0. The Labute approximate surface area is 162 Å². The Balaban J connectivity index is 0.000000552. The van der Waals surface area contributed by atoms with Crippen LogP contribution in [0.4, 0.5) is 0 Å². The summed E-state index contributed by atoms with van der Waals surface area (Å²) in [5, 5.41) is 22.8. The van der Waals surface area contributed by atoms with Gasteiger partial charge in [-0.2, -0.15) is 0 Å². The SMILES string of the molecule is NC(Cc1ccc2oc3cc(=O)c4ccccc4c-3nc2c1)C(=O)O.O=[N+](O)O. The third-order valence-electron chi connectivity index (χ3n) is 4.19. The molecule has 2 aromatic carbocycles. The molecule has 0 amide bonds. The molecule has 1 aliphatic carbocycles. The normalized spacial score (nSPS) is 11.8. The summed E-state index contributed by atoms with van der Waals surface area (Å²) in [5.41, 5.74) is 7.95. The number of aromatic nitrogens is 1. The van der Waals surface area contributed by atoms with Crippen LogP contribution in [0.3, 0.4) is 0 Å². The number of aliphatic carboxylic acids is 1. The van der Waals surface area contributed by atoms with Crippen molar-refractivity contribution < 1.29 is 29.8 Å². The van der Waals surface area contributed by atoms with Crippen molar-refractivity contribution in [3.63, 3.8) is 0 Å². The molecule has 0 spiro atoms. The van der Waals surface area contributed by atoms with E-state index in [4.69, 9.17) is 30.6 Å². The maximum Gasteiger partial charge on any atom is 0.472 e. The number of fused-ring (bicyclic) bond motifs is 4. The van der Waals surface area contributed by atoms with Crippen LogP contribution in [0.15, 0.2) is 57.7 Å². The fourth-order valence-corrected chi connectivity index (χ4v) is 2.94. The van der Waals surface area contributed by atoms with Gasteiger partial charge < -0.3 is 15.3 Å². The lowest BCUT2D eigenvalue weighted by molar-refractivity contribution is -0.969. The molecule has 1 aliphatic heterocycles. The lowest BCUT2D eigenvalue weighted by atomic mass is 10.0. The zero-order valence-corrected chi connectivity index (χ0v) is 14.8.